The molecule has 2 rings (SSSR count). The predicted molar refractivity (Wildman–Crippen MR) is 64.0 cm³/mol. The van der Waals surface area contributed by atoms with Crippen molar-refractivity contribution >= 4 is 0 Å². The minimum Gasteiger partial charge on any atom is -0.315 e. The van der Waals surface area contributed by atoms with Crippen molar-refractivity contribution in [1.29, 1.82) is 0 Å². The second-order valence-electron chi connectivity index (χ2n) is 4.61. The van der Waals surface area contributed by atoms with Crippen LogP contribution in [0.1, 0.15) is 23.1 Å². The Kier molecular flexibility index (Phi) is 3.56. The van der Waals surface area contributed by atoms with Gasteiger partial charge in [-0.05, 0) is 43.5 Å². The Morgan fingerprint density at radius 2 is 2.06 bits per heavy atom. The van der Waals surface area contributed by atoms with Crippen LogP contribution in [0.15, 0.2) is 12.1 Å². The normalized spacial score (nSPS) is 20.3. The SMILES string of the molecule is Cc1cc(CNC2CCNC2)cc(C)c1F. The van der Waals surface area contributed by atoms with E-state index in [1.165, 1.54) is 12.0 Å². The van der Waals surface area contributed by atoms with Crippen LogP contribution >= 0.6 is 0 Å². The quantitative estimate of drug-likeness (QED) is 0.816. The summed E-state index contributed by atoms with van der Waals surface area (Å²) in [5, 5.41) is 6.80. The first kappa shape index (κ1) is 11.6. The number of nitrogens with one attached hydrogen (secondary N) is 2. The summed E-state index contributed by atoms with van der Waals surface area (Å²) >= 11 is 0. The second kappa shape index (κ2) is 4.93. The summed E-state index contributed by atoms with van der Waals surface area (Å²) in [5.74, 6) is -0.0775. The summed E-state index contributed by atoms with van der Waals surface area (Å²) in [5.41, 5.74) is 2.64. The Hall–Kier alpha value is -0.930. The number of halogens is 1. The molecule has 1 aromatic carbocycles. The monoisotopic (exact) mass is 222 g/mol. The molecule has 0 bridgehead atoms. The zero-order valence-corrected chi connectivity index (χ0v) is 9.94. The highest BCUT2D eigenvalue weighted by Gasteiger charge is 2.13. The molecule has 1 aliphatic rings. The molecule has 0 radical (unpaired) electrons. The molecule has 88 valence electrons. The molecule has 0 saturated carbocycles. The van der Waals surface area contributed by atoms with Gasteiger partial charge in [-0.15, -0.1) is 0 Å². The van der Waals surface area contributed by atoms with Gasteiger partial charge >= 0.3 is 0 Å². The highest BCUT2D eigenvalue weighted by Crippen LogP contribution is 2.14. The van der Waals surface area contributed by atoms with Crippen LogP contribution in [0.2, 0.25) is 0 Å². The van der Waals surface area contributed by atoms with Gasteiger partial charge in [0.25, 0.3) is 0 Å². The molecule has 1 heterocycles. The Morgan fingerprint density at radius 3 is 2.62 bits per heavy atom. The van der Waals surface area contributed by atoms with Gasteiger partial charge in [-0.1, -0.05) is 12.1 Å². The maximum Gasteiger partial charge on any atom is 0.129 e. The van der Waals surface area contributed by atoms with Crippen molar-refractivity contribution in [2.45, 2.75) is 32.9 Å². The fraction of sp³-hybridized carbons (Fsp3) is 0.538. The van der Waals surface area contributed by atoms with E-state index in [0.717, 1.165) is 30.8 Å². The lowest BCUT2D eigenvalue weighted by Crippen LogP contribution is -2.30. The van der Waals surface area contributed by atoms with E-state index in [0.29, 0.717) is 6.04 Å². The number of hydrogen-bond donors (Lipinski definition) is 2. The van der Waals surface area contributed by atoms with E-state index in [9.17, 15) is 4.39 Å². The Bertz CT molecular complexity index is 347. The molecule has 0 spiro atoms. The van der Waals surface area contributed by atoms with Crippen LogP contribution in [0.3, 0.4) is 0 Å². The van der Waals surface area contributed by atoms with Gasteiger partial charge in [-0.25, -0.2) is 4.39 Å². The first-order chi connectivity index (χ1) is 7.66. The van der Waals surface area contributed by atoms with E-state index in [1.54, 1.807) is 0 Å². The van der Waals surface area contributed by atoms with Crippen LogP contribution in [-0.2, 0) is 6.54 Å². The minimum absolute atomic E-state index is 0.0775. The number of rotatable bonds is 3. The molecule has 0 aliphatic carbocycles. The molecule has 1 atom stereocenters. The topological polar surface area (TPSA) is 24.1 Å². The molecule has 0 aromatic heterocycles. The first-order valence-corrected chi connectivity index (χ1v) is 5.86. The molecular formula is C13H19FN2. The first-order valence-electron chi connectivity index (χ1n) is 5.86. The van der Waals surface area contributed by atoms with E-state index >= 15 is 0 Å². The minimum atomic E-state index is -0.0775. The van der Waals surface area contributed by atoms with Crippen LogP contribution in [-0.4, -0.2) is 19.1 Å². The van der Waals surface area contributed by atoms with Crippen molar-refractivity contribution in [3.8, 4) is 0 Å². The molecule has 1 saturated heterocycles. The van der Waals surface area contributed by atoms with Crippen molar-refractivity contribution in [2.75, 3.05) is 13.1 Å². The second-order valence-corrected chi connectivity index (χ2v) is 4.61. The van der Waals surface area contributed by atoms with Crippen LogP contribution < -0.4 is 10.6 Å². The van der Waals surface area contributed by atoms with Crippen LogP contribution in [0.5, 0.6) is 0 Å². The molecule has 1 aliphatic heterocycles. The number of aryl methyl sites for hydroxylation is 2. The lowest BCUT2D eigenvalue weighted by molar-refractivity contribution is 0.545. The maximum atomic E-state index is 13.4. The zero-order chi connectivity index (χ0) is 11.5. The van der Waals surface area contributed by atoms with Crippen molar-refractivity contribution in [3.63, 3.8) is 0 Å². The smallest absolute Gasteiger partial charge is 0.129 e. The lowest BCUT2D eigenvalue weighted by atomic mass is 10.1. The van der Waals surface area contributed by atoms with Crippen molar-refractivity contribution < 1.29 is 4.39 Å². The third-order valence-corrected chi connectivity index (χ3v) is 3.15. The zero-order valence-electron chi connectivity index (χ0n) is 9.94. The highest BCUT2D eigenvalue weighted by molar-refractivity contribution is 5.30. The van der Waals surface area contributed by atoms with Crippen molar-refractivity contribution in [1.82, 2.24) is 10.6 Å². The summed E-state index contributed by atoms with van der Waals surface area (Å²) in [6, 6.07) is 4.42. The maximum absolute atomic E-state index is 13.4. The van der Waals surface area contributed by atoms with Gasteiger partial charge in [0.05, 0.1) is 0 Å². The van der Waals surface area contributed by atoms with Crippen molar-refractivity contribution in [3.05, 3.63) is 34.6 Å². The Morgan fingerprint density at radius 1 is 1.38 bits per heavy atom. The molecular weight excluding hydrogens is 203 g/mol. The molecule has 0 amide bonds. The summed E-state index contributed by atoms with van der Waals surface area (Å²) in [7, 11) is 0. The van der Waals surface area contributed by atoms with E-state index in [4.69, 9.17) is 0 Å². The molecule has 1 aromatic rings. The largest absolute Gasteiger partial charge is 0.315 e. The molecule has 16 heavy (non-hydrogen) atoms. The fourth-order valence-corrected chi connectivity index (χ4v) is 2.23. The van der Waals surface area contributed by atoms with E-state index in [2.05, 4.69) is 10.6 Å². The molecule has 1 fully saturated rings. The Balaban J connectivity index is 1.98. The average molecular weight is 222 g/mol. The van der Waals surface area contributed by atoms with E-state index in [-0.39, 0.29) is 5.82 Å². The van der Waals surface area contributed by atoms with E-state index in [1.807, 2.05) is 26.0 Å². The van der Waals surface area contributed by atoms with Gasteiger partial charge in [-0.3, -0.25) is 0 Å². The fourth-order valence-electron chi connectivity index (χ4n) is 2.23. The third-order valence-electron chi connectivity index (χ3n) is 3.15. The standard InChI is InChI=1S/C13H19FN2/c1-9-5-11(6-10(2)13(9)14)7-16-12-3-4-15-8-12/h5-6,12,15-16H,3-4,7-8H2,1-2H3. The van der Waals surface area contributed by atoms with Gasteiger partial charge in [0, 0.05) is 19.1 Å². The highest BCUT2D eigenvalue weighted by atomic mass is 19.1. The van der Waals surface area contributed by atoms with Gasteiger partial charge in [0.2, 0.25) is 0 Å². The lowest BCUT2D eigenvalue weighted by Gasteiger charge is -2.12. The van der Waals surface area contributed by atoms with Crippen LogP contribution in [0.25, 0.3) is 0 Å². The molecule has 1 unspecified atom stereocenters. The third kappa shape index (κ3) is 2.60. The van der Waals surface area contributed by atoms with Gasteiger partial charge in [0.15, 0.2) is 0 Å². The van der Waals surface area contributed by atoms with Crippen molar-refractivity contribution in [2.24, 2.45) is 0 Å². The van der Waals surface area contributed by atoms with Crippen LogP contribution in [0, 0.1) is 19.7 Å². The average Bonchev–Trinajstić information content (AvgIpc) is 2.75. The Labute approximate surface area is 96.2 Å². The number of hydrogen-bond acceptors (Lipinski definition) is 2. The predicted octanol–water partition coefficient (Wildman–Crippen LogP) is 1.89. The van der Waals surface area contributed by atoms with E-state index < -0.39 is 0 Å². The van der Waals surface area contributed by atoms with Gasteiger partial charge in [0.1, 0.15) is 5.82 Å². The summed E-state index contributed by atoms with van der Waals surface area (Å²) < 4.78 is 13.4. The molecule has 2 N–H and O–H groups in total. The summed E-state index contributed by atoms with van der Waals surface area (Å²) in [6.45, 7) is 6.61. The molecule has 2 nitrogen and oxygen atoms in total. The summed E-state index contributed by atoms with van der Waals surface area (Å²) in [6.07, 6.45) is 1.18. The van der Waals surface area contributed by atoms with Gasteiger partial charge < -0.3 is 10.6 Å². The number of benzene rings is 1. The van der Waals surface area contributed by atoms with Crippen LogP contribution in [0.4, 0.5) is 4.39 Å². The van der Waals surface area contributed by atoms with Gasteiger partial charge in [-0.2, -0.15) is 0 Å². The molecule has 3 heteroatoms. The summed E-state index contributed by atoms with van der Waals surface area (Å²) in [4.78, 5) is 0.